The second-order valence-electron chi connectivity index (χ2n) is 9.19. The largest absolute Gasteiger partial charge is 0.424 e. The first-order valence-electron chi connectivity index (χ1n) is 11.8. The number of anilines is 1. The quantitative estimate of drug-likeness (QED) is 0.277. The first kappa shape index (κ1) is 30.3. The molecule has 208 valence electrons. The fourth-order valence-electron chi connectivity index (χ4n) is 3.74. The number of nitrogens with zero attached hydrogens (tertiary/aromatic N) is 2. The molecule has 14 heteroatoms. The molecule has 1 aliphatic rings. The molecule has 1 saturated heterocycles. The Balaban J connectivity index is 1.84. The van der Waals surface area contributed by atoms with E-state index in [9.17, 15) is 24.1 Å². The molecule has 0 spiro atoms. The standard InChI is InChI=1S/C24H30Cl2N3O8P/c1-14(16(3)31)13-38(34,37-18-7-5-4-6-17(18)9-8-15(2)30)35-12-19-21(32)24(25,26)22(36-19)29-11-10-20(27)28-23(29)33/h4-7,10-11,14,19,21-22,32H,8-9,12-13H2,1-3H3,(H2,27,28,33)/t14-,19-,21+,22-,38?/m1/s1. The van der Waals surface area contributed by atoms with Crippen LogP contribution in [0.5, 0.6) is 5.75 Å². The number of aryl methyl sites for hydroxylation is 1. The molecule has 11 nitrogen and oxygen atoms in total. The molecular formula is C24H30Cl2N3O8P. The molecule has 3 N–H and O–H groups in total. The number of hydrogen-bond donors (Lipinski definition) is 2. The Morgan fingerprint density at radius 2 is 1.97 bits per heavy atom. The number of nitrogen functional groups attached to an aromatic ring is 1. The number of carbonyl (C=O) groups is 2. The number of Topliss-reactive ketones (excluding diaryl/α,β-unsaturated/α-hetero) is 2. The third kappa shape index (κ3) is 7.22. The van der Waals surface area contributed by atoms with Gasteiger partial charge in [0.2, 0.25) is 0 Å². The van der Waals surface area contributed by atoms with E-state index in [1.165, 1.54) is 26.1 Å². The number of aliphatic hydroxyl groups excluding tert-OH is 1. The first-order chi connectivity index (χ1) is 17.7. The van der Waals surface area contributed by atoms with E-state index in [2.05, 4.69) is 4.98 Å². The van der Waals surface area contributed by atoms with Crippen LogP contribution in [0.1, 0.15) is 39.0 Å². The number of ketones is 2. The monoisotopic (exact) mass is 589 g/mol. The topological polar surface area (TPSA) is 160 Å². The van der Waals surface area contributed by atoms with Gasteiger partial charge in [0, 0.05) is 18.5 Å². The molecule has 1 aromatic heterocycles. The maximum Gasteiger partial charge on any atom is 0.380 e. The number of aliphatic hydroxyl groups is 1. The molecule has 1 aromatic carbocycles. The van der Waals surface area contributed by atoms with E-state index in [0.717, 1.165) is 4.57 Å². The highest BCUT2D eigenvalue weighted by Crippen LogP contribution is 2.53. The fraction of sp³-hybridized carbons (Fsp3) is 0.500. The van der Waals surface area contributed by atoms with Gasteiger partial charge in [-0.05, 0) is 38.0 Å². The lowest BCUT2D eigenvalue weighted by Gasteiger charge is -2.25. The van der Waals surface area contributed by atoms with Crippen LogP contribution < -0.4 is 15.9 Å². The van der Waals surface area contributed by atoms with E-state index in [4.69, 9.17) is 42.7 Å². The summed E-state index contributed by atoms with van der Waals surface area (Å²) in [5.41, 5.74) is 5.36. The van der Waals surface area contributed by atoms with Gasteiger partial charge >= 0.3 is 13.3 Å². The van der Waals surface area contributed by atoms with E-state index in [0.29, 0.717) is 12.0 Å². The van der Waals surface area contributed by atoms with Gasteiger partial charge in [0.05, 0.1) is 12.8 Å². The lowest BCUT2D eigenvalue weighted by atomic mass is 10.1. The maximum absolute atomic E-state index is 13.9. The third-order valence-corrected chi connectivity index (χ3v) is 8.90. The SMILES string of the molecule is CC(=O)CCc1ccccc1OP(=O)(C[C@@H](C)C(C)=O)OC[C@H]1O[C@@H](n2ccc(N)nc2=O)C(Cl)(Cl)[C@H]1O. The molecule has 0 aliphatic carbocycles. The van der Waals surface area contributed by atoms with E-state index in [1.807, 2.05) is 0 Å². The van der Waals surface area contributed by atoms with Crippen molar-refractivity contribution >= 4 is 48.2 Å². The van der Waals surface area contributed by atoms with Crippen molar-refractivity contribution in [1.82, 2.24) is 9.55 Å². The van der Waals surface area contributed by atoms with Crippen molar-refractivity contribution in [2.75, 3.05) is 18.5 Å². The normalized spacial score (nSPS) is 22.9. The summed E-state index contributed by atoms with van der Waals surface area (Å²) in [5.74, 6) is -0.711. The zero-order valence-electron chi connectivity index (χ0n) is 21.1. The van der Waals surface area contributed by atoms with Gasteiger partial charge in [0.25, 0.3) is 0 Å². The summed E-state index contributed by atoms with van der Waals surface area (Å²) in [6, 6.07) is 8.08. The van der Waals surface area contributed by atoms with Crippen molar-refractivity contribution in [2.45, 2.75) is 56.4 Å². The smallest absolute Gasteiger partial charge is 0.380 e. The molecule has 5 atom stereocenters. The van der Waals surface area contributed by atoms with Crippen LogP contribution in [0.15, 0.2) is 41.3 Å². The summed E-state index contributed by atoms with van der Waals surface area (Å²) in [7, 11) is -4.03. The molecule has 0 amide bonds. The zero-order valence-corrected chi connectivity index (χ0v) is 23.5. The molecule has 3 rings (SSSR count). The van der Waals surface area contributed by atoms with Gasteiger partial charge in [0.15, 0.2) is 10.6 Å². The van der Waals surface area contributed by atoms with Crippen LogP contribution in [0.25, 0.3) is 0 Å². The predicted molar refractivity (Wildman–Crippen MR) is 142 cm³/mol. The molecule has 1 unspecified atom stereocenters. The molecule has 1 fully saturated rings. The van der Waals surface area contributed by atoms with Crippen LogP contribution in [-0.2, 0) is 29.8 Å². The van der Waals surface area contributed by atoms with Crippen LogP contribution in [0.3, 0.4) is 0 Å². The lowest BCUT2D eigenvalue weighted by molar-refractivity contribution is -0.120. The van der Waals surface area contributed by atoms with Crippen LogP contribution in [-0.4, -0.2) is 55.5 Å². The van der Waals surface area contributed by atoms with Gasteiger partial charge in [-0.2, -0.15) is 4.98 Å². The van der Waals surface area contributed by atoms with E-state index in [-0.39, 0.29) is 35.7 Å². The number of rotatable bonds is 12. The Hall–Kier alpha value is -2.27. The molecular weight excluding hydrogens is 560 g/mol. The number of benzene rings is 1. The highest BCUT2D eigenvalue weighted by atomic mass is 35.5. The van der Waals surface area contributed by atoms with E-state index in [1.54, 1.807) is 31.2 Å². The van der Waals surface area contributed by atoms with Crippen LogP contribution in [0.2, 0.25) is 0 Å². The summed E-state index contributed by atoms with van der Waals surface area (Å²) < 4.78 is 30.2. The molecule has 38 heavy (non-hydrogen) atoms. The van der Waals surface area contributed by atoms with Crippen molar-refractivity contribution in [1.29, 1.82) is 0 Å². The first-order valence-corrected chi connectivity index (χ1v) is 14.3. The molecule has 2 aromatic rings. The Morgan fingerprint density at radius 3 is 2.61 bits per heavy atom. The molecule has 0 saturated carbocycles. The van der Waals surface area contributed by atoms with Crippen molar-refractivity contribution in [3.8, 4) is 5.75 Å². The molecule has 2 heterocycles. The zero-order chi connectivity index (χ0) is 28.3. The highest BCUT2D eigenvalue weighted by Gasteiger charge is 2.56. The number of nitrogens with two attached hydrogens (primary N) is 1. The van der Waals surface area contributed by atoms with E-state index < -0.39 is 48.6 Å². The number of aromatic nitrogens is 2. The van der Waals surface area contributed by atoms with Crippen LogP contribution in [0.4, 0.5) is 5.82 Å². The number of para-hydroxylation sites is 1. The number of ether oxygens (including phenoxy) is 1. The van der Waals surface area contributed by atoms with Gasteiger partial charge < -0.3 is 24.9 Å². The number of alkyl halides is 2. The maximum atomic E-state index is 13.9. The average molecular weight is 590 g/mol. The van der Waals surface area contributed by atoms with Gasteiger partial charge in [-0.3, -0.25) is 13.9 Å². The summed E-state index contributed by atoms with van der Waals surface area (Å²) in [6.45, 7) is 3.92. The van der Waals surface area contributed by atoms with Gasteiger partial charge in [0.1, 0.15) is 35.3 Å². The third-order valence-electron chi connectivity index (χ3n) is 6.07. The van der Waals surface area contributed by atoms with E-state index >= 15 is 0 Å². The Morgan fingerprint density at radius 1 is 1.29 bits per heavy atom. The Labute approximate surface area is 229 Å². The van der Waals surface area contributed by atoms with Crippen molar-refractivity contribution in [3.63, 3.8) is 0 Å². The molecule has 0 bridgehead atoms. The minimum absolute atomic E-state index is 0.0209. The highest BCUT2D eigenvalue weighted by molar-refractivity contribution is 7.54. The van der Waals surface area contributed by atoms with Gasteiger partial charge in [-0.15, -0.1) is 0 Å². The van der Waals surface area contributed by atoms with Crippen LogP contribution in [0, 0.1) is 5.92 Å². The summed E-state index contributed by atoms with van der Waals surface area (Å²) in [4.78, 5) is 39.4. The van der Waals surface area contributed by atoms with Crippen molar-refractivity contribution in [3.05, 3.63) is 52.6 Å². The predicted octanol–water partition coefficient (Wildman–Crippen LogP) is 3.29. The average Bonchev–Trinajstić information content (AvgIpc) is 3.05. The Bertz CT molecular complexity index is 1290. The van der Waals surface area contributed by atoms with Crippen LogP contribution >= 0.6 is 30.8 Å². The summed E-state index contributed by atoms with van der Waals surface area (Å²) in [5, 5.41) is 10.8. The molecule has 0 radical (unpaired) electrons. The minimum atomic E-state index is -4.03. The second kappa shape index (κ2) is 12.3. The fourth-order valence-corrected chi connectivity index (χ4v) is 6.34. The number of hydrogen-bond acceptors (Lipinski definition) is 10. The van der Waals surface area contributed by atoms with Crippen molar-refractivity contribution in [2.24, 2.45) is 5.92 Å². The van der Waals surface area contributed by atoms with Crippen molar-refractivity contribution < 1.29 is 33.0 Å². The Kier molecular flexibility index (Phi) is 9.78. The number of carbonyl (C=O) groups excluding carboxylic acids is 2. The molecule has 1 aliphatic heterocycles. The minimum Gasteiger partial charge on any atom is -0.424 e. The second-order valence-corrected chi connectivity index (χ2v) is 12.7. The summed E-state index contributed by atoms with van der Waals surface area (Å²) in [6.07, 6.45) is -2.54. The summed E-state index contributed by atoms with van der Waals surface area (Å²) >= 11 is 12.7. The number of halogens is 2. The van der Waals surface area contributed by atoms with Gasteiger partial charge in [-0.1, -0.05) is 48.3 Å². The van der Waals surface area contributed by atoms with Gasteiger partial charge in [-0.25, -0.2) is 9.36 Å². The lowest BCUT2D eigenvalue weighted by Crippen LogP contribution is -2.40.